The van der Waals surface area contributed by atoms with Crippen LogP contribution < -0.4 is 0 Å². The number of benzene rings is 9. The van der Waals surface area contributed by atoms with E-state index in [-0.39, 0.29) is 0 Å². The van der Waals surface area contributed by atoms with E-state index in [2.05, 4.69) is 215 Å². The summed E-state index contributed by atoms with van der Waals surface area (Å²) in [6, 6.07) is 79.5. The van der Waals surface area contributed by atoms with E-state index in [1.807, 2.05) is 18.2 Å². The van der Waals surface area contributed by atoms with Crippen LogP contribution in [-0.4, -0.2) is 24.1 Å². The van der Waals surface area contributed by atoms with Gasteiger partial charge in [0.05, 0.1) is 44.7 Å². The number of aromatic nitrogens is 5. The quantitative estimate of drug-likeness (QED) is 0.157. The van der Waals surface area contributed by atoms with Crippen molar-refractivity contribution in [3.05, 3.63) is 224 Å². The van der Waals surface area contributed by atoms with Gasteiger partial charge in [0, 0.05) is 65.9 Å². The Kier molecular flexibility index (Phi) is 8.15. The Hall–Kier alpha value is -8.67. The van der Waals surface area contributed by atoms with Gasteiger partial charge in [-0.15, -0.1) is 0 Å². The van der Waals surface area contributed by atoms with Crippen molar-refractivity contribution in [3.63, 3.8) is 0 Å². The molecule has 0 saturated carbocycles. The van der Waals surface area contributed by atoms with E-state index >= 15 is 0 Å². The topological polar surface area (TPSA) is 48.5 Å². The zero-order chi connectivity index (χ0) is 42.1. The summed E-state index contributed by atoms with van der Waals surface area (Å²) in [4.78, 5) is 16.0. The second-order valence-corrected chi connectivity index (χ2v) is 16.4. The molecule has 0 fully saturated rings. The lowest BCUT2D eigenvalue weighted by atomic mass is 9.95. The molecule has 64 heavy (non-hydrogen) atoms. The number of hydrogen-bond acceptors (Lipinski definition) is 3. The summed E-state index contributed by atoms with van der Waals surface area (Å²) in [6.07, 6.45) is 0. The molecule has 13 aromatic rings. The highest BCUT2D eigenvalue weighted by Crippen LogP contribution is 2.43. The molecule has 0 N–H and O–H groups in total. The van der Waals surface area contributed by atoms with Crippen molar-refractivity contribution in [1.82, 2.24) is 24.1 Å². The zero-order valence-corrected chi connectivity index (χ0v) is 34.6. The first kappa shape index (κ1) is 36.0. The molecule has 0 aliphatic rings. The summed E-state index contributed by atoms with van der Waals surface area (Å²) >= 11 is 0. The van der Waals surface area contributed by atoms with Gasteiger partial charge in [0.25, 0.3) is 0 Å². The van der Waals surface area contributed by atoms with E-state index in [0.29, 0.717) is 5.82 Å². The normalized spacial score (nSPS) is 11.8. The fourth-order valence-electron chi connectivity index (χ4n) is 9.82. The van der Waals surface area contributed by atoms with Crippen LogP contribution >= 0.6 is 0 Å². The highest BCUT2D eigenvalue weighted by molar-refractivity contribution is 6.28. The lowest BCUT2D eigenvalue weighted by Gasteiger charge is -2.14. The minimum atomic E-state index is 0.674. The van der Waals surface area contributed by atoms with Crippen LogP contribution in [0, 0.1) is 0 Å². The van der Waals surface area contributed by atoms with Crippen molar-refractivity contribution in [2.75, 3.05) is 0 Å². The van der Waals surface area contributed by atoms with Crippen LogP contribution in [0.25, 0.3) is 122 Å². The predicted octanol–water partition coefficient (Wildman–Crippen LogP) is 15.0. The van der Waals surface area contributed by atoms with Crippen LogP contribution in [0.15, 0.2) is 224 Å². The molecule has 4 aromatic heterocycles. The molecule has 5 heteroatoms. The Labute approximate surface area is 368 Å². The van der Waals surface area contributed by atoms with Crippen LogP contribution in [-0.2, 0) is 0 Å². The fourth-order valence-corrected chi connectivity index (χ4v) is 9.82. The zero-order valence-electron chi connectivity index (χ0n) is 34.6. The molecular weight excluding hydrogens is 779 g/mol. The first-order valence-electron chi connectivity index (χ1n) is 21.7. The molecule has 4 heterocycles. The Morgan fingerprint density at radius 2 is 0.781 bits per heavy atom. The number of pyridine rings is 1. The van der Waals surface area contributed by atoms with Gasteiger partial charge in [-0.05, 0) is 66.0 Å². The molecule has 0 saturated heterocycles. The van der Waals surface area contributed by atoms with Crippen molar-refractivity contribution in [1.29, 1.82) is 0 Å². The van der Waals surface area contributed by atoms with Crippen LogP contribution in [0.2, 0.25) is 0 Å². The van der Waals surface area contributed by atoms with E-state index in [9.17, 15) is 0 Å². The molecule has 0 amide bonds. The maximum absolute atomic E-state index is 5.58. The summed E-state index contributed by atoms with van der Waals surface area (Å²) in [7, 11) is 0. The lowest BCUT2D eigenvalue weighted by molar-refractivity contribution is 1.17. The third kappa shape index (κ3) is 5.68. The van der Waals surface area contributed by atoms with E-state index in [4.69, 9.17) is 15.0 Å². The van der Waals surface area contributed by atoms with Gasteiger partial charge in [0.1, 0.15) is 0 Å². The van der Waals surface area contributed by atoms with Crippen LogP contribution in [0.4, 0.5) is 0 Å². The molecule has 298 valence electrons. The largest absolute Gasteiger partial charge is 0.309 e. The standard InChI is InChI=1S/C59H37N5/c1-4-16-39(17-5-1)58-57-47(34-35-55-56(57)48-24-12-15-27-54(48)64(55)42-20-8-3-9-21-42)44-33-30-41(36-51(44)60-58)50-37-49(61-59(62-50)40-18-6-2-7-19-40)38-28-31-43(32-29-38)63-52-25-13-10-22-45(52)46-23-11-14-26-53(46)63/h1-37H. The fraction of sp³-hybridized carbons (Fsp3) is 0. The Bertz CT molecular complexity index is 3870. The van der Waals surface area contributed by atoms with Gasteiger partial charge < -0.3 is 9.13 Å². The summed E-state index contributed by atoms with van der Waals surface area (Å²) in [5, 5.41) is 8.29. The van der Waals surface area contributed by atoms with Crippen molar-refractivity contribution in [2.24, 2.45) is 0 Å². The van der Waals surface area contributed by atoms with Crippen LogP contribution in [0.1, 0.15) is 0 Å². The number of rotatable bonds is 6. The van der Waals surface area contributed by atoms with E-state index < -0.39 is 0 Å². The Morgan fingerprint density at radius 3 is 1.45 bits per heavy atom. The molecule has 5 nitrogen and oxygen atoms in total. The Morgan fingerprint density at radius 1 is 0.281 bits per heavy atom. The van der Waals surface area contributed by atoms with E-state index in [1.54, 1.807) is 0 Å². The molecule has 9 aromatic carbocycles. The second kappa shape index (κ2) is 14.5. The van der Waals surface area contributed by atoms with Crippen molar-refractivity contribution in [2.45, 2.75) is 0 Å². The molecule has 0 aliphatic heterocycles. The summed E-state index contributed by atoms with van der Waals surface area (Å²) < 4.78 is 4.72. The van der Waals surface area contributed by atoms with Gasteiger partial charge in [-0.2, -0.15) is 0 Å². The monoisotopic (exact) mass is 815 g/mol. The molecule has 0 unspecified atom stereocenters. The molecule has 0 atom stereocenters. The SMILES string of the molecule is c1ccc(-c2nc(-c3ccc(-n4c5ccccc5c5ccccc54)cc3)cc(-c3ccc4c(c3)nc(-c3ccccc3)c3c4ccc4c3c3ccccc3n4-c3ccccc3)n2)cc1. The first-order valence-corrected chi connectivity index (χ1v) is 21.7. The molecular formula is C59H37N5. The van der Waals surface area contributed by atoms with Gasteiger partial charge in [-0.1, -0.05) is 164 Å². The number of fused-ring (bicyclic) bond motifs is 10. The summed E-state index contributed by atoms with van der Waals surface area (Å²) in [5.74, 6) is 0.674. The van der Waals surface area contributed by atoms with Crippen molar-refractivity contribution in [3.8, 4) is 56.5 Å². The van der Waals surface area contributed by atoms with E-state index in [1.165, 1.54) is 38.1 Å². The number of para-hydroxylation sites is 4. The van der Waals surface area contributed by atoms with Gasteiger partial charge in [-0.3, -0.25) is 0 Å². The second-order valence-electron chi connectivity index (χ2n) is 16.4. The number of nitrogens with zero attached hydrogens (tertiary/aromatic N) is 5. The van der Waals surface area contributed by atoms with E-state index in [0.717, 1.165) is 77.9 Å². The minimum Gasteiger partial charge on any atom is -0.309 e. The molecule has 13 rings (SSSR count). The highest BCUT2D eigenvalue weighted by Gasteiger charge is 2.21. The smallest absolute Gasteiger partial charge is 0.160 e. The molecule has 0 bridgehead atoms. The van der Waals surface area contributed by atoms with Gasteiger partial charge >= 0.3 is 0 Å². The van der Waals surface area contributed by atoms with Crippen molar-refractivity contribution < 1.29 is 0 Å². The molecule has 0 spiro atoms. The average molecular weight is 816 g/mol. The maximum atomic E-state index is 5.58. The molecule has 0 radical (unpaired) electrons. The van der Waals surface area contributed by atoms with Gasteiger partial charge in [0.2, 0.25) is 0 Å². The first-order chi connectivity index (χ1) is 31.7. The van der Waals surface area contributed by atoms with Crippen LogP contribution in [0.5, 0.6) is 0 Å². The van der Waals surface area contributed by atoms with Gasteiger partial charge in [0.15, 0.2) is 5.82 Å². The molecule has 0 aliphatic carbocycles. The van der Waals surface area contributed by atoms with Crippen molar-refractivity contribution >= 4 is 65.3 Å². The summed E-state index contributed by atoms with van der Waals surface area (Å²) in [5.41, 5.74) is 14.5. The average Bonchev–Trinajstić information content (AvgIpc) is 3.90. The Balaban J connectivity index is 0.997. The van der Waals surface area contributed by atoms with Crippen LogP contribution in [0.3, 0.4) is 0 Å². The third-order valence-corrected chi connectivity index (χ3v) is 12.7. The number of hydrogen-bond donors (Lipinski definition) is 0. The minimum absolute atomic E-state index is 0.674. The summed E-state index contributed by atoms with van der Waals surface area (Å²) in [6.45, 7) is 0. The third-order valence-electron chi connectivity index (χ3n) is 12.7. The van der Waals surface area contributed by atoms with Gasteiger partial charge in [-0.25, -0.2) is 15.0 Å². The predicted molar refractivity (Wildman–Crippen MR) is 265 cm³/mol. The highest BCUT2D eigenvalue weighted by atomic mass is 15.0. The maximum Gasteiger partial charge on any atom is 0.160 e. The lowest BCUT2D eigenvalue weighted by Crippen LogP contribution is -1.97.